The van der Waals surface area contributed by atoms with Gasteiger partial charge < -0.3 is 15.5 Å². The molecule has 0 unspecified atom stereocenters. The largest absolute Gasteiger partial charge is 0.441 e. The molecule has 0 saturated heterocycles. The number of halogens is 2. The summed E-state index contributed by atoms with van der Waals surface area (Å²) in [6.07, 6.45) is 0. The van der Waals surface area contributed by atoms with Crippen LogP contribution in [-0.2, 0) is 6.54 Å². The van der Waals surface area contributed by atoms with Gasteiger partial charge in [-0.1, -0.05) is 28.9 Å². The van der Waals surface area contributed by atoms with Crippen LogP contribution in [0.3, 0.4) is 0 Å². The Bertz CT molecular complexity index is 1240. The Morgan fingerprint density at radius 1 is 1.27 bits per heavy atom. The van der Waals surface area contributed by atoms with Crippen LogP contribution < -0.4 is 11.1 Å². The molecule has 0 saturated carbocycles. The van der Waals surface area contributed by atoms with E-state index in [1.165, 1.54) is 22.9 Å². The van der Waals surface area contributed by atoms with Crippen molar-refractivity contribution in [1.82, 2.24) is 20.0 Å². The lowest BCUT2D eigenvalue weighted by Crippen LogP contribution is -2.15. The molecule has 30 heavy (non-hydrogen) atoms. The Balaban J connectivity index is 1.54. The van der Waals surface area contributed by atoms with Gasteiger partial charge in [0.25, 0.3) is 5.91 Å². The molecule has 0 bridgehead atoms. The average molecular weight is 427 g/mol. The molecule has 1 amide bonds. The van der Waals surface area contributed by atoms with Gasteiger partial charge in [-0.3, -0.25) is 4.79 Å². The number of hydrogen-bond acceptors (Lipinski definition) is 6. The summed E-state index contributed by atoms with van der Waals surface area (Å²) in [6.45, 7) is 1.92. The third-order valence-corrected chi connectivity index (χ3v) is 4.57. The molecule has 4 rings (SSSR count). The second-order valence-electron chi connectivity index (χ2n) is 6.48. The lowest BCUT2D eigenvalue weighted by molar-refractivity contribution is 0.102. The van der Waals surface area contributed by atoms with E-state index in [-0.39, 0.29) is 23.7 Å². The molecule has 0 aliphatic heterocycles. The van der Waals surface area contributed by atoms with E-state index in [0.29, 0.717) is 22.4 Å². The van der Waals surface area contributed by atoms with Gasteiger partial charge in [0.05, 0.1) is 6.54 Å². The number of nitrogen functional groups attached to an aromatic ring is 1. The van der Waals surface area contributed by atoms with Gasteiger partial charge in [-0.15, -0.1) is 5.10 Å². The predicted octanol–water partition coefficient (Wildman–Crippen LogP) is 3.92. The van der Waals surface area contributed by atoms with E-state index in [4.69, 9.17) is 21.8 Å². The lowest BCUT2D eigenvalue weighted by atomic mass is 10.2. The first-order chi connectivity index (χ1) is 14.4. The number of oxazole rings is 1. The van der Waals surface area contributed by atoms with E-state index in [1.54, 1.807) is 31.2 Å². The number of carbonyl (C=O) groups is 1. The summed E-state index contributed by atoms with van der Waals surface area (Å²) >= 11 is 6.02. The van der Waals surface area contributed by atoms with Crippen LogP contribution in [0.5, 0.6) is 0 Å². The molecule has 0 fully saturated rings. The number of carbonyl (C=O) groups excluding carboxylic acids is 1. The topological polar surface area (TPSA) is 112 Å². The monoisotopic (exact) mass is 426 g/mol. The van der Waals surface area contributed by atoms with E-state index in [2.05, 4.69) is 20.6 Å². The zero-order valence-corrected chi connectivity index (χ0v) is 16.5. The number of anilines is 2. The number of aromatic nitrogens is 4. The molecule has 2 aromatic carbocycles. The quantitative estimate of drug-likeness (QED) is 0.500. The van der Waals surface area contributed by atoms with Gasteiger partial charge in [0.1, 0.15) is 17.3 Å². The van der Waals surface area contributed by atoms with Gasteiger partial charge in [0.15, 0.2) is 11.5 Å². The summed E-state index contributed by atoms with van der Waals surface area (Å²) in [5, 5.41) is 10.9. The first kappa shape index (κ1) is 19.6. The number of benzene rings is 2. The molecule has 152 valence electrons. The Kier molecular flexibility index (Phi) is 5.20. The first-order valence-electron chi connectivity index (χ1n) is 8.89. The summed E-state index contributed by atoms with van der Waals surface area (Å²) < 4.78 is 20.4. The number of nitrogens with one attached hydrogen (secondary N) is 1. The Hall–Kier alpha value is -3.72. The highest BCUT2D eigenvalue weighted by atomic mass is 35.5. The number of nitrogens with two attached hydrogens (primary N) is 1. The normalized spacial score (nSPS) is 10.9. The second-order valence-corrected chi connectivity index (χ2v) is 6.91. The molecular weight excluding hydrogens is 411 g/mol. The van der Waals surface area contributed by atoms with Gasteiger partial charge in [-0.2, -0.15) is 0 Å². The molecule has 4 aromatic rings. The maximum Gasteiger partial charge on any atom is 0.280 e. The van der Waals surface area contributed by atoms with Gasteiger partial charge in [0, 0.05) is 16.3 Å². The Labute approximate surface area is 175 Å². The van der Waals surface area contributed by atoms with Gasteiger partial charge >= 0.3 is 0 Å². The fraction of sp³-hybridized carbons (Fsp3) is 0.100. The standard InChI is InChI=1S/C20H16ClFN6O2/c1-11-16(25-20(30-11)12-4-2-5-13(21)8-12)10-28-18(23)17(26-27-28)19(29)24-15-7-3-6-14(22)9-15/h2-9H,10,23H2,1H3,(H,24,29). The van der Waals surface area contributed by atoms with Crippen molar-refractivity contribution in [1.29, 1.82) is 0 Å². The van der Waals surface area contributed by atoms with Crippen LogP contribution in [0.4, 0.5) is 15.9 Å². The van der Waals surface area contributed by atoms with Crippen molar-refractivity contribution < 1.29 is 13.6 Å². The fourth-order valence-corrected chi connectivity index (χ4v) is 3.01. The van der Waals surface area contributed by atoms with Crippen molar-refractivity contribution in [2.24, 2.45) is 0 Å². The highest BCUT2D eigenvalue weighted by Crippen LogP contribution is 2.25. The number of amides is 1. The van der Waals surface area contributed by atoms with Crippen molar-refractivity contribution in [3.8, 4) is 11.5 Å². The maximum atomic E-state index is 13.3. The molecular formula is C20H16ClFN6O2. The summed E-state index contributed by atoms with van der Waals surface area (Å²) in [5.41, 5.74) is 7.58. The van der Waals surface area contributed by atoms with Crippen molar-refractivity contribution in [3.63, 3.8) is 0 Å². The molecule has 0 radical (unpaired) electrons. The van der Waals surface area contributed by atoms with Crippen LogP contribution in [0.15, 0.2) is 52.9 Å². The highest BCUT2D eigenvalue weighted by molar-refractivity contribution is 6.30. The maximum absolute atomic E-state index is 13.3. The zero-order chi connectivity index (χ0) is 21.3. The Morgan fingerprint density at radius 3 is 2.83 bits per heavy atom. The van der Waals surface area contributed by atoms with Crippen LogP contribution in [0.1, 0.15) is 21.9 Å². The van der Waals surface area contributed by atoms with E-state index in [0.717, 1.165) is 5.56 Å². The van der Waals surface area contributed by atoms with Gasteiger partial charge in [-0.25, -0.2) is 14.1 Å². The summed E-state index contributed by atoms with van der Waals surface area (Å²) in [7, 11) is 0. The molecule has 2 aromatic heterocycles. The molecule has 2 heterocycles. The first-order valence-corrected chi connectivity index (χ1v) is 9.26. The molecule has 8 nitrogen and oxygen atoms in total. The highest BCUT2D eigenvalue weighted by Gasteiger charge is 2.20. The van der Waals surface area contributed by atoms with E-state index >= 15 is 0 Å². The zero-order valence-electron chi connectivity index (χ0n) is 15.8. The van der Waals surface area contributed by atoms with E-state index in [9.17, 15) is 9.18 Å². The van der Waals surface area contributed by atoms with Crippen molar-refractivity contribution in [3.05, 3.63) is 76.5 Å². The Morgan fingerprint density at radius 2 is 2.07 bits per heavy atom. The van der Waals surface area contributed by atoms with Crippen LogP contribution >= 0.6 is 11.6 Å². The van der Waals surface area contributed by atoms with Crippen LogP contribution in [-0.4, -0.2) is 25.9 Å². The molecule has 0 aliphatic rings. The molecule has 10 heteroatoms. The third-order valence-electron chi connectivity index (χ3n) is 4.33. The lowest BCUT2D eigenvalue weighted by Gasteiger charge is -2.04. The fourth-order valence-electron chi connectivity index (χ4n) is 2.82. The predicted molar refractivity (Wildman–Crippen MR) is 110 cm³/mol. The minimum atomic E-state index is -0.596. The average Bonchev–Trinajstić information content (AvgIpc) is 3.25. The van der Waals surface area contributed by atoms with Crippen molar-refractivity contribution in [2.45, 2.75) is 13.5 Å². The molecule has 0 atom stereocenters. The second kappa shape index (κ2) is 7.96. The molecule has 0 aliphatic carbocycles. The van der Waals surface area contributed by atoms with Gasteiger partial charge in [0.2, 0.25) is 5.89 Å². The minimum Gasteiger partial charge on any atom is -0.441 e. The number of aryl methyl sites for hydroxylation is 1. The summed E-state index contributed by atoms with van der Waals surface area (Å²) in [6, 6.07) is 12.6. The number of nitrogens with zero attached hydrogens (tertiary/aromatic N) is 4. The van der Waals surface area contributed by atoms with Crippen molar-refractivity contribution >= 4 is 29.0 Å². The van der Waals surface area contributed by atoms with E-state index < -0.39 is 11.7 Å². The summed E-state index contributed by atoms with van der Waals surface area (Å²) in [5.74, 6) is -0.0312. The summed E-state index contributed by atoms with van der Waals surface area (Å²) in [4.78, 5) is 16.9. The number of hydrogen-bond donors (Lipinski definition) is 2. The van der Waals surface area contributed by atoms with Crippen LogP contribution in [0, 0.1) is 12.7 Å². The van der Waals surface area contributed by atoms with Crippen molar-refractivity contribution in [2.75, 3.05) is 11.1 Å². The SMILES string of the molecule is Cc1oc(-c2cccc(Cl)c2)nc1Cn1nnc(C(=O)Nc2cccc(F)c2)c1N. The minimum absolute atomic E-state index is 0.0515. The van der Waals surface area contributed by atoms with Gasteiger partial charge in [-0.05, 0) is 43.3 Å². The smallest absolute Gasteiger partial charge is 0.280 e. The van der Waals surface area contributed by atoms with Crippen LogP contribution in [0.2, 0.25) is 5.02 Å². The van der Waals surface area contributed by atoms with E-state index in [1.807, 2.05) is 6.07 Å². The third kappa shape index (κ3) is 4.01. The number of rotatable bonds is 5. The van der Waals surface area contributed by atoms with Crippen LogP contribution in [0.25, 0.3) is 11.5 Å². The molecule has 0 spiro atoms. The molecule has 3 N–H and O–H groups in total.